The molecule has 0 saturated heterocycles. The second kappa shape index (κ2) is 8.82. The van der Waals surface area contributed by atoms with Gasteiger partial charge in [0.2, 0.25) is 0 Å². The summed E-state index contributed by atoms with van der Waals surface area (Å²) in [5, 5.41) is 0. The fourth-order valence-corrected chi connectivity index (χ4v) is 5.09. The molecule has 146 valence electrons. The fraction of sp³-hybridized carbons (Fsp3) is 0.333. The Morgan fingerprint density at radius 2 is 2.00 bits per heavy atom. The van der Waals surface area contributed by atoms with Crippen LogP contribution >= 0.6 is 22.6 Å². The molecule has 0 radical (unpaired) electrons. The van der Waals surface area contributed by atoms with E-state index in [-0.39, 0.29) is 5.41 Å². The first-order valence-electron chi connectivity index (χ1n) is 10.2. The molecule has 0 aromatic rings. The summed E-state index contributed by atoms with van der Waals surface area (Å²) in [7, 11) is 0. The van der Waals surface area contributed by atoms with Crippen molar-refractivity contribution in [3.8, 4) is 0 Å². The summed E-state index contributed by atoms with van der Waals surface area (Å²) < 4.78 is 1.45. The Balaban J connectivity index is 1.94. The summed E-state index contributed by atoms with van der Waals surface area (Å²) >= 11 is 2.48. The average Bonchev–Trinajstić information content (AvgIpc) is 2.87. The van der Waals surface area contributed by atoms with E-state index in [2.05, 4.69) is 99.1 Å². The van der Waals surface area contributed by atoms with Gasteiger partial charge in [0.15, 0.2) is 0 Å². The molecule has 0 aromatic heterocycles. The van der Waals surface area contributed by atoms with Crippen LogP contribution in [-0.2, 0) is 0 Å². The fourth-order valence-electron chi connectivity index (χ4n) is 4.47. The van der Waals surface area contributed by atoms with Crippen molar-refractivity contribution in [2.75, 3.05) is 0 Å². The largest absolute Gasteiger partial charge is 0.0991 e. The molecule has 3 aliphatic rings. The average molecular weight is 482 g/mol. The number of hydrogen-bond acceptors (Lipinski definition) is 0. The molecule has 0 fully saturated rings. The monoisotopic (exact) mass is 482 g/mol. The number of halogens is 1. The van der Waals surface area contributed by atoms with Gasteiger partial charge in [0.1, 0.15) is 0 Å². The lowest BCUT2D eigenvalue weighted by Gasteiger charge is -2.31. The van der Waals surface area contributed by atoms with Crippen LogP contribution in [0.4, 0.5) is 0 Å². The molecule has 0 heterocycles. The molecule has 0 amide bonds. The molecule has 0 bridgehead atoms. The van der Waals surface area contributed by atoms with Crippen LogP contribution in [0.2, 0.25) is 0 Å². The van der Waals surface area contributed by atoms with Crippen molar-refractivity contribution >= 4 is 22.6 Å². The van der Waals surface area contributed by atoms with E-state index < -0.39 is 0 Å². The Labute approximate surface area is 184 Å². The smallest absolute Gasteiger partial charge is 0.00223 e. The first-order valence-corrected chi connectivity index (χ1v) is 11.3. The Kier molecular flexibility index (Phi) is 6.65. The highest BCUT2D eigenvalue weighted by atomic mass is 127. The number of rotatable bonds is 5. The molecule has 0 N–H and O–H groups in total. The summed E-state index contributed by atoms with van der Waals surface area (Å²) in [4.78, 5) is 0. The van der Waals surface area contributed by atoms with Crippen molar-refractivity contribution in [2.45, 2.75) is 46.5 Å². The maximum atomic E-state index is 4.41. The Morgan fingerprint density at radius 1 is 1.21 bits per heavy atom. The summed E-state index contributed by atoms with van der Waals surface area (Å²) in [5.74, 6) is 0.583. The first kappa shape index (κ1) is 21.1. The second-order valence-electron chi connectivity index (χ2n) is 8.44. The molecular weight excluding hydrogens is 451 g/mol. The van der Waals surface area contributed by atoms with Gasteiger partial charge in [-0.15, -0.1) is 0 Å². The van der Waals surface area contributed by atoms with Crippen LogP contribution in [0.3, 0.4) is 0 Å². The van der Waals surface area contributed by atoms with Crippen LogP contribution in [0, 0.1) is 11.3 Å². The predicted molar refractivity (Wildman–Crippen MR) is 132 cm³/mol. The molecule has 28 heavy (non-hydrogen) atoms. The zero-order valence-corrected chi connectivity index (χ0v) is 19.6. The zero-order valence-electron chi connectivity index (χ0n) is 17.4. The normalized spacial score (nSPS) is 25.8. The molecular formula is C27H31I. The lowest BCUT2D eigenvalue weighted by Crippen LogP contribution is -2.22. The second-order valence-corrected chi connectivity index (χ2v) is 9.82. The molecule has 0 spiro atoms. The summed E-state index contributed by atoms with van der Waals surface area (Å²) in [6.45, 7) is 15.3. The van der Waals surface area contributed by atoms with Crippen molar-refractivity contribution < 1.29 is 0 Å². The van der Waals surface area contributed by atoms with Crippen LogP contribution < -0.4 is 0 Å². The van der Waals surface area contributed by atoms with Crippen molar-refractivity contribution in [1.29, 1.82) is 0 Å². The zero-order chi connectivity index (χ0) is 20.3. The SMILES string of the molecule is C=C/C=C\C(C(=C)/C=C\C1=C(C)C(C)(C)[C@@H]2CC(I)=CC=C12)=C1/CC=CCC1. The van der Waals surface area contributed by atoms with Gasteiger partial charge in [-0.1, -0.05) is 92.8 Å². The van der Waals surface area contributed by atoms with Gasteiger partial charge in [-0.3, -0.25) is 0 Å². The van der Waals surface area contributed by atoms with E-state index >= 15 is 0 Å². The van der Waals surface area contributed by atoms with Gasteiger partial charge < -0.3 is 0 Å². The third-order valence-electron chi connectivity index (χ3n) is 6.49. The maximum Gasteiger partial charge on any atom is -0.00223 e. The van der Waals surface area contributed by atoms with E-state index in [0.29, 0.717) is 5.92 Å². The predicted octanol–water partition coefficient (Wildman–Crippen LogP) is 8.50. The standard InChI is InChI=1S/C27H31I/c1-6-7-13-23(21-11-9-8-10-12-21)19(2)14-16-24-20(3)27(4,5)26-18-22(28)15-17-25(24)26/h6-9,13-17,26H,1-2,10-12,18H2,3-5H3/b13-7-,16-14-,23-21-/t26-/m1/s1. The number of fused-ring (bicyclic) bond motifs is 1. The number of allylic oxidation sites excluding steroid dienone is 16. The minimum atomic E-state index is 0.204. The molecule has 0 aromatic carbocycles. The molecule has 0 nitrogen and oxygen atoms in total. The molecule has 0 saturated carbocycles. The highest BCUT2D eigenvalue weighted by molar-refractivity contribution is 14.1. The lowest BCUT2D eigenvalue weighted by atomic mass is 9.74. The van der Waals surface area contributed by atoms with Gasteiger partial charge >= 0.3 is 0 Å². The van der Waals surface area contributed by atoms with Crippen LogP contribution in [0.1, 0.15) is 46.5 Å². The molecule has 1 atom stereocenters. The minimum Gasteiger partial charge on any atom is -0.0991 e. The van der Waals surface area contributed by atoms with Crippen LogP contribution in [0.5, 0.6) is 0 Å². The summed E-state index contributed by atoms with van der Waals surface area (Å²) in [6.07, 6.45) is 24.1. The van der Waals surface area contributed by atoms with Crippen LogP contribution in [0.25, 0.3) is 0 Å². The molecule has 3 aliphatic carbocycles. The Bertz CT molecular complexity index is 891. The van der Waals surface area contributed by atoms with Gasteiger partial charge in [0.25, 0.3) is 0 Å². The molecule has 3 rings (SSSR count). The molecule has 0 aliphatic heterocycles. The topological polar surface area (TPSA) is 0 Å². The van der Waals surface area contributed by atoms with E-state index in [9.17, 15) is 0 Å². The van der Waals surface area contributed by atoms with Gasteiger partial charge in [0, 0.05) is 0 Å². The van der Waals surface area contributed by atoms with Gasteiger partial charge in [-0.05, 0) is 92.4 Å². The van der Waals surface area contributed by atoms with Crippen LogP contribution in [-0.4, -0.2) is 0 Å². The molecule has 0 unspecified atom stereocenters. The van der Waals surface area contributed by atoms with E-state index in [4.69, 9.17) is 0 Å². The lowest BCUT2D eigenvalue weighted by molar-refractivity contribution is 0.329. The molecule has 1 heteroatoms. The highest BCUT2D eigenvalue weighted by Crippen LogP contribution is 2.54. The summed E-state index contributed by atoms with van der Waals surface area (Å²) in [6, 6.07) is 0. The van der Waals surface area contributed by atoms with E-state index in [1.807, 2.05) is 12.2 Å². The quantitative estimate of drug-likeness (QED) is 0.209. The van der Waals surface area contributed by atoms with Crippen LogP contribution in [0.15, 0.2) is 105 Å². The van der Waals surface area contributed by atoms with Gasteiger partial charge in [-0.2, -0.15) is 0 Å². The van der Waals surface area contributed by atoms with Crippen molar-refractivity contribution in [3.05, 3.63) is 105 Å². The first-order chi connectivity index (χ1) is 13.4. The highest BCUT2D eigenvalue weighted by Gasteiger charge is 2.42. The van der Waals surface area contributed by atoms with E-state index in [1.165, 1.54) is 31.4 Å². The van der Waals surface area contributed by atoms with Crippen molar-refractivity contribution in [2.24, 2.45) is 11.3 Å². The van der Waals surface area contributed by atoms with E-state index in [1.54, 1.807) is 0 Å². The van der Waals surface area contributed by atoms with Gasteiger partial charge in [0.05, 0.1) is 0 Å². The Hall–Kier alpha value is -1.61. The van der Waals surface area contributed by atoms with Gasteiger partial charge in [-0.25, -0.2) is 0 Å². The minimum absolute atomic E-state index is 0.204. The van der Waals surface area contributed by atoms with Crippen molar-refractivity contribution in [1.82, 2.24) is 0 Å². The van der Waals surface area contributed by atoms with E-state index in [0.717, 1.165) is 31.3 Å². The Morgan fingerprint density at radius 3 is 2.68 bits per heavy atom. The third-order valence-corrected chi connectivity index (χ3v) is 7.29. The van der Waals surface area contributed by atoms with Crippen molar-refractivity contribution in [3.63, 3.8) is 0 Å². The summed E-state index contributed by atoms with van der Waals surface area (Å²) in [5.41, 5.74) is 8.41. The maximum absolute atomic E-state index is 4.41. The third kappa shape index (κ3) is 4.20. The number of hydrogen-bond donors (Lipinski definition) is 0.